The molecule has 1 amide bonds. The third-order valence-corrected chi connectivity index (χ3v) is 5.55. The maximum atomic E-state index is 12.2. The van der Waals surface area contributed by atoms with Gasteiger partial charge >= 0.3 is 0 Å². The zero-order valence-electron chi connectivity index (χ0n) is 17.9. The molecule has 10 heteroatoms. The van der Waals surface area contributed by atoms with Crippen LogP contribution in [0.3, 0.4) is 0 Å². The van der Waals surface area contributed by atoms with Crippen LogP contribution in [0.2, 0.25) is 0 Å². The molecule has 0 bridgehead atoms. The molecule has 9 nitrogen and oxygen atoms in total. The van der Waals surface area contributed by atoms with E-state index in [-0.39, 0.29) is 5.91 Å². The Labute approximate surface area is 181 Å². The number of aliphatic imine (C=N–C) groups is 1. The molecule has 0 radical (unpaired) electrons. The van der Waals surface area contributed by atoms with Crippen LogP contribution in [0.15, 0.2) is 23.3 Å². The van der Waals surface area contributed by atoms with Crippen molar-refractivity contribution in [2.45, 2.75) is 33.6 Å². The van der Waals surface area contributed by atoms with Crippen LogP contribution in [0.25, 0.3) is 0 Å². The minimum atomic E-state index is -0.0845. The van der Waals surface area contributed by atoms with E-state index in [1.54, 1.807) is 6.20 Å². The van der Waals surface area contributed by atoms with E-state index >= 15 is 0 Å². The highest BCUT2D eigenvalue weighted by Gasteiger charge is 2.22. The number of guanidine groups is 1. The van der Waals surface area contributed by atoms with E-state index in [1.807, 2.05) is 19.1 Å². The number of nitrogens with zero attached hydrogens (tertiary/aromatic N) is 6. The molecule has 2 aromatic heterocycles. The predicted molar refractivity (Wildman–Crippen MR) is 121 cm³/mol. The smallest absolute Gasteiger partial charge is 0.227 e. The fourth-order valence-corrected chi connectivity index (χ4v) is 3.86. The summed E-state index contributed by atoms with van der Waals surface area (Å²) < 4.78 is 4.38. The Morgan fingerprint density at radius 1 is 1.23 bits per heavy atom. The summed E-state index contributed by atoms with van der Waals surface area (Å²) in [5.74, 6) is 2.25. The molecule has 0 unspecified atom stereocenters. The lowest BCUT2D eigenvalue weighted by molar-refractivity contribution is -0.116. The zero-order valence-corrected chi connectivity index (χ0v) is 18.7. The quantitative estimate of drug-likeness (QED) is 0.511. The standard InChI is InChI=1S/C20H30N8OS/c1-4-16-25-20(30-26-16)28-12-10-27(11-13-28)19(21-5-2)22-9-8-18(29)24-17-7-6-15(3)14-23-17/h6-7,14H,4-5,8-13H2,1-3H3,(H,21,22)(H,23,24,29). The summed E-state index contributed by atoms with van der Waals surface area (Å²) in [6, 6.07) is 3.73. The average Bonchev–Trinajstić information content (AvgIpc) is 3.24. The number of amides is 1. The van der Waals surface area contributed by atoms with Crippen LogP contribution in [-0.2, 0) is 11.2 Å². The van der Waals surface area contributed by atoms with Crippen molar-refractivity contribution in [2.75, 3.05) is 49.5 Å². The van der Waals surface area contributed by atoms with Gasteiger partial charge in [-0.25, -0.2) is 9.97 Å². The van der Waals surface area contributed by atoms with Crippen molar-refractivity contribution < 1.29 is 4.79 Å². The maximum absolute atomic E-state index is 12.2. The van der Waals surface area contributed by atoms with Crippen LogP contribution in [0.5, 0.6) is 0 Å². The Kier molecular flexibility index (Phi) is 7.95. The second-order valence-corrected chi connectivity index (χ2v) is 7.81. The van der Waals surface area contributed by atoms with Gasteiger partial charge in [0.2, 0.25) is 11.0 Å². The molecule has 0 spiro atoms. The van der Waals surface area contributed by atoms with E-state index in [2.05, 4.69) is 53.6 Å². The van der Waals surface area contributed by atoms with Gasteiger partial charge in [-0.2, -0.15) is 4.37 Å². The number of anilines is 2. The first-order chi connectivity index (χ1) is 14.6. The molecule has 3 heterocycles. The van der Waals surface area contributed by atoms with Crippen LogP contribution >= 0.6 is 11.5 Å². The number of piperazine rings is 1. The fourth-order valence-electron chi connectivity index (χ4n) is 3.06. The second kappa shape index (κ2) is 10.9. The number of nitrogens with one attached hydrogen (secondary N) is 2. The molecule has 1 saturated heterocycles. The van der Waals surface area contributed by atoms with Crippen LogP contribution in [0.4, 0.5) is 10.9 Å². The average molecular weight is 431 g/mol. The van der Waals surface area contributed by atoms with Crippen LogP contribution in [0.1, 0.15) is 31.7 Å². The van der Waals surface area contributed by atoms with Gasteiger partial charge in [0.1, 0.15) is 11.6 Å². The number of carbonyl (C=O) groups excluding carboxylic acids is 1. The summed E-state index contributed by atoms with van der Waals surface area (Å²) in [7, 11) is 0. The molecule has 3 rings (SSSR count). The van der Waals surface area contributed by atoms with Crippen molar-refractivity contribution in [1.29, 1.82) is 0 Å². The molecule has 1 aliphatic rings. The van der Waals surface area contributed by atoms with Crippen molar-refractivity contribution in [2.24, 2.45) is 4.99 Å². The lowest BCUT2D eigenvalue weighted by Gasteiger charge is -2.36. The molecular formula is C20H30N8OS. The van der Waals surface area contributed by atoms with E-state index in [0.29, 0.717) is 18.8 Å². The largest absolute Gasteiger partial charge is 0.357 e. The van der Waals surface area contributed by atoms with Gasteiger partial charge in [-0.15, -0.1) is 0 Å². The lowest BCUT2D eigenvalue weighted by atomic mass is 10.3. The van der Waals surface area contributed by atoms with Gasteiger partial charge in [-0.1, -0.05) is 13.0 Å². The van der Waals surface area contributed by atoms with Gasteiger partial charge in [-0.05, 0) is 25.5 Å². The Morgan fingerprint density at radius 3 is 2.67 bits per heavy atom. The molecule has 0 aromatic carbocycles. The molecule has 1 fully saturated rings. The Bertz CT molecular complexity index is 843. The monoisotopic (exact) mass is 430 g/mol. The van der Waals surface area contributed by atoms with Gasteiger partial charge in [-0.3, -0.25) is 9.79 Å². The van der Waals surface area contributed by atoms with Gasteiger partial charge in [0.25, 0.3) is 0 Å². The van der Waals surface area contributed by atoms with E-state index in [9.17, 15) is 4.79 Å². The van der Waals surface area contributed by atoms with E-state index in [1.165, 1.54) is 11.5 Å². The molecule has 162 valence electrons. The molecule has 0 aliphatic carbocycles. The second-order valence-electron chi connectivity index (χ2n) is 7.08. The number of hydrogen-bond donors (Lipinski definition) is 2. The SMILES string of the molecule is CCNC(=NCCC(=O)Nc1ccc(C)cn1)N1CCN(c2nc(CC)ns2)CC1. The molecule has 30 heavy (non-hydrogen) atoms. The lowest BCUT2D eigenvalue weighted by Crippen LogP contribution is -2.52. The number of aryl methyl sites for hydroxylation is 2. The normalized spacial score (nSPS) is 14.7. The zero-order chi connectivity index (χ0) is 21.3. The van der Waals surface area contributed by atoms with Gasteiger partial charge in [0, 0.05) is 63.3 Å². The van der Waals surface area contributed by atoms with Crippen LogP contribution in [0, 0.1) is 6.92 Å². The van der Waals surface area contributed by atoms with Crippen molar-refractivity contribution in [1.82, 2.24) is 24.6 Å². The van der Waals surface area contributed by atoms with Crippen molar-refractivity contribution in [3.63, 3.8) is 0 Å². The van der Waals surface area contributed by atoms with E-state index in [4.69, 9.17) is 0 Å². The number of hydrogen-bond acceptors (Lipinski definition) is 7. The summed E-state index contributed by atoms with van der Waals surface area (Å²) >= 11 is 1.47. The van der Waals surface area contributed by atoms with Crippen LogP contribution < -0.4 is 15.5 Å². The summed E-state index contributed by atoms with van der Waals surface area (Å²) in [5.41, 5.74) is 1.06. The number of rotatable bonds is 7. The maximum Gasteiger partial charge on any atom is 0.227 e. The van der Waals surface area contributed by atoms with Gasteiger partial charge < -0.3 is 20.4 Å². The summed E-state index contributed by atoms with van der Waals surface area (Å²) in [6.07, 6.45) is 2.91. The molecule has 0 saturated carbocycles. The summed E-state index contributed by atoms with van der Waals surface area (Å²) in [5, 5.41) is 7.15. The van der Waals surface area contributed by atoms with Gasteiger partial charge in [0.05, 0.1) is 6.54 Å². The van der Waals surface area contributed by atoms with Gasteiger partial charge in [0.15, 0.2) is 5.96 Å². The topological polar surface area (TPSA) is 98.6 Å². The summed E-state index contributed by atoms with van der Waals surface area (Å²) in [6.45, 7) is 10.8. The molecular weight excluding hydrogens is 400 g/mol. The number of aromatic nitrogens is 3. The highest BCUT2D eigenvalue weighted by atomic mass is 32.1. The first kappa shape index (κ1) is 21.9. The highest BCUT2D eigenvalue weighted by molar-refractivity contribution is 7.09. The van der Waals surface area contributed by atoms with Crippen LogP contribution in [-0.4, -0.2) is 70.4 Å². The summed E-state index contributed by atoms with van der Waals surface area (Å²) in [4.78, 5) is 30.1. The minimum Gasteiger partial charge on any atom is -0.357 e. The first-order valence-electron chi connectivity index (χ1n) is 10.4. The molecule has 2 aromatic rings. The first-order valence-corrected chi connectivity index (χ1v) is 11.2. The van der Waals surface area contributed by atoms with Crippen molar-refractivity contribution in [3.05, 3.63) is 29.7 Å². The van der Waals surface area contributed by atoms with E-state index in [0.717, 1.165) is 61.6 Å². The number of carbonyl (C=O) groups is 1. The van der Waals surface area contributed by atoms with E-state index < -0.39 is 0 Å². The Morgan fingerprint density at radius 2 is 2.03 bits per heavy atom. The molecule has 0 atom stereocenters. The Balaban J connectivity index is 1.49. The predicted octanol–water partition coefficient (Wildman–Crippen LogP) is 1.92. The molecule has 1 aliphatic heterocycles. The fraction of sp³-hybridized carbons (Fsp3) is 0.550. The third-order valence-electron chi connectivity index (χ3n) is 4.74. The van der Waals surface area contributed by atoms with Crippen molar-refractivity contribution >= 4 is 34.3 Å². The van der Waals surface area contributed by atoms with Crippen molar-refractivity contribution in [3.8, 4) is 0 Å². The number of pyridine rings is 1. The minimum absolute atomic E-state index is 0.0845. The Hall–Kier alpha value is -2.75. The molecule has 2 N–H and O–H groups in total. The third kappa shape index (κ3) is 6.12. The highest BCUT2D eigenvalue weighted by Crippen LogP contribution is 2.19.